The lowest BCUT2D eigenvalue weighted by Gasteiger charge is -2.05. The van der Waals surface area contributed by atoms with E-state index in [1.807, 2.05) is 30.3 Å². The fourth-order valence-corrected chi connectivity index (χ4v) is 3.27. The molecule has 3 rings (SSSR count). The zero-order chi connectivity index (χ0) is 18.6. The molecule has 10 heteroatoms. The molecule has 1 heterocycles. The number of hydrogen-bond acceptors (Lipinski definition) is 6. The van der Waals surface area contributed by atoms with Crippen LogP contribution in [0.3, 0.4) is 0 Å². The Balaban J connectivity index is 1.59. The predicted octanol–water partition coefficient (Wildman–Crippen LogP) is 1.85. The van der Waals surface area contributed by atoms with Crippen LogP contribution in [0.4, 0.5) is 5.69 Å². The minimum absolute atomic E-state index is 0.0653. The lowest BCUT2D eigenvalue weighted by Crippen LogP contribution is -2.16. The summed E-state index contributed by atoms with van der Waals surface area (Å²) in [5, 5.41) is 15.0. The van der Waals surface area contributed by atoms with Crippen molar-refractivity contribution in [2.24, 2.45) is 5.14 Å². The summed E-state index contributed by atoms with van der Waals surface area (Å²) in [7, 11) is -3.82. The molecule has 0 aliphatic rings. The molecule has 8 nitrogen and oxygen atoms in total. The first-order valence-corrected chi connectivity index (χ1v) is 9.98. The van der Waals surface area contributed by atoms with Gasteiger partial charge < -0.3 is 5.32 Å². The number of carbonyl (C=O) groups is 1. The Kier molecular flexibility index (Phi) is 5.35. The van der Waals surface area contributed by atoms with Crippen molar-refractivity contribution in [3.63, 3.8) is 0 Å². The number of sulfonamides is 1. The molecule has 0 saturated heterocycles. The molecule has 0 aliphatic carbocycles. The number of benzene rings is 2. The molecule has 2 aromatic carbocycles. The van der Waals surface area contributed by atoms with E-state index in [0.29, 0.717) is 16.7 Å². The standard InChI is InChI=1S/C16H15N5O3S2/c17-26(23,24)13-8-4-7-12(9-13)18-14(22)10-25-16-19-15(20-21-16)11-5-2-1-3-6-11/h1-9H,10H2,(H,18,22)(H2,17,23,24)(H,19,20,21). The molecule has 4 N–H and O–H groups in total. The van der Waals surface area contributed by atoms with Crippen molar-refractivity contribution in [1.29, 1.82) is 0 Å². The summed E-state index contributed by atoms with van der Waals surface area (Å²) in [6.07, 6.45) is 0. The highest BCUT2D eigenvalue weighted by atomic mass is 32.2. The van der Waals surface area contributed by atoms with E-state index in [-0.39, 0.29) is 16.6 Å². The fraction of sp³-hybridized carbons (Fsp3) is 0.0625. The van der Waals surface area contributed by atoms with Gasteiger partial charge >= 0.3 is 0 Å². The second-order valence-corrected chi connectivity index (χ2v) is 7.75. The number of rotatable bonds is 6. The number of primary sulfonamides is 1. The Morgan fingerprint density at radius 3 is 2.65 bits per heavy atom. The molecule has 0 fully saturated rings. The van der Waals surface area contributed by atoms with Gasteiger partial charge in [-0.1, -0.05) is 48.2 Å². The maximum atomic E-state index is 12.0. The number of H-pyrrole nitrogens is 1. The normalized spacial score (nSPS) is 11.3. The number of anilines is 1. The maximum Gasteiger partial charge on any atom is 0.238 e. The molecule has 0 aliphatic heterocycles. The highest BCUT2D eigenvalue weighted by Gasteiger charge is 2.11. The Bertz CT molecular complexity index is 1020. The Hall–Kier alpha value is -2.69. The zero-order valence-corrected chi connectivity index (χ0v) is 15.0. The molecule has 1 aromatic heterocycles. The summed E-state index contributed by atoms with van der Waals surface area (Å²) < 4.78 is 22.7. The van der Waals surface area contributed by atoms with E-state index in [0.717, 1.165) is 17.3 Å². The fourth-order valence-electron chi connectivity index (χ4n) is 2.11. The lowest BCUT2D eigenvalue weighted by atomic mass is 10.2. The second-order valence-electron chi connectivity index (χ2n) is 5.24. The van der Waals surface area contributed by atoms with Crippen LogP contribution in [0, 0.1) is 0 Å². The van der Waals surface area contributed by atoms with E-state index in [9.17, 15) is 13.2 Å². The minimum atomic E-state index is -3.82. The summed E-state index contributed by atoms with van der Waals surface area (Å²) in [5.74, 6) is 0.382. The van der Waals surface area contributed by atoms with Crippen molar-refractivity contribution in [2.45, 2.75) is 10.1 Å². The van der Waals surface area contributed by atoms with E-state index in [2.05, 4.69) is 20.5 Å². The first-order chi connectivity index (χ1) is 12.4. The molecule has 0 radical (unpaired) electrons. The molecule has 26 heavy (non-hydrogen) atoms. The van der Waals surface area contributed by atoms with Gasteiger partial charge in [-0.05, 0) is 18.2 Å². The zero-order valence-electron chi connectivity index (χ0n) is 13.4. The first-order valence-electron chi connectivity index (χ1n) is 7.45. The molecule has 0 spiro atoms. The highest BCUT2D eigenvalue weighted by Crippen LogP contribution is 2.19. The molecule has 0 bridgehead atoms. The van der Waals surface area contributed by atoms with Gasteiger partial charge in [-0.15, -0.1) is 5.10 Å². The van der Waals surface area contributed by atoms with Gasteiger partial charge in [0.15, 0.2) is 5.82 Å². The molecule has 0 atom stereocenters. The molecule has 0 saturated carbocycles. The molecular weight excluding hydrogens is 374 g/mol. The number of hydrogen-bond donors (Lipinski definition) is 3. The lowest BCUT2D eigenvalue weighted by molar-refractivity contribution is -0.113. The van der Waals surface area contributed by atoms with E-state index < -0.39 is 10.0 Å². The van der Waals surface area contributed by atoms with Crippen LogP contribution in [0.25, 0.3) is 11.4 Å². The van der Waals surface area contributed by atoms with Gasteiger partial charge in [0.05, 0.1) is 10.6 Å². The number of nitrogens with one attached hydrogen (secondary N) is 2. The molecule has 3 aromatic rings. The van der Waals surface area contributed by atoms with Gasteiger partial charge in [-0.2, -0.15) is 0 Å². The maximum absolute atomic E-state index is 12.0. The third-order valence-corrected chi connectivity index (χ3v) is 5.05. The topological polar surface area (TPSA) is 131 Å². The third-order valence-electron chi connectivity index (χ3n) is 3.29. The average Bonchev–Trinajstić information content (AvgIpc) is 3.09. The van der Waals surface area contributed by atoms with Gasteiger partial charge in [0.25, 0.3) is 0 Å². The molecular formula is C16H15N5O3S2. The van der Waals surface area contributed by atoms with Crippen LogP contribution >= 0.6 is 11.8 Å². The summed E-state index contributed by atoms with van der Waals surface area (Å²) in [4.78, 5) is 16.3. The number of nitrogens with zero attached hydrogens (tertiary/aromatic N) is 2. The summed E-state index contributed by atoms with van der Waals surface area (Å²) in [6, 6.07) is 15.3. The quantitative estimate of drug-likeness (QED) is 0.552. The van der Waals surface area contributed by atoms with E-state index in [4.69, 9.17) is 5.14 Å². The number of carbonyl (C=O) groups excluding carboxylic acids is 1. The van der Waals surface area contributed by atoms with Crippen LogP contribution in [0.15, 0.2) is 64.6 Å². The van der Waals surface area contributed by atoms with E-state index >= 15 is 0 Å². The average molecular weight is 389 g/mol. The van der Waals surface area contributed by atoms with Crippen LogP contribution in [0.5, 0.6) is 0 Å². The SMILES string of the molecule is NS(=O)(=O)c1cccc(NC(=O)CSc2n[nH]c(-c3ccccc3)n2)c1. The number of amides is 1. The predicted molar refractivity (Wildman–Crippen MR) is 99.0 cm³/mol. The van der Waals surface area contributed by atoms with Crippen molar-refractivity contribution in [1.82, 2.24) is 15.2 Å². The summed E-state index contributed by atoms with van der Waals surface area (Å²) in [5.41, 5.74) is 1.25. The van der Waals surface area contributed by atoms with Gasteiger partial charge in [-0.3, -0.25) is 9.89 Å². The summed E-state index contributed by atoms with van der Waals surface area (Å²) in [6.45, 7) is 0. The Morgan fingerprint density at radius 2 is 1.92 bits per heavy atom. The third kappa shape index (κ3) is 4.69. The number of aromatic nitrogens is 3. The van der Waals surface area contributed by atoms with Crippen molar-refractivity contribution >= 4 is 33.4 Å². The van der Waals surface area contributed by atoms with Crippen molar-refractivity contribution in [2.75, 3.05) is 11.1 Å². The second kappa shape index (κ2) is 7.68. The van der Waals surface area contributed by atoms with Crippen LogP contribution in [0.2, 0.25) is 0 Å². The molecule has 134 valence electrons. The highest BCUT2D eigenvalue weighted by molar-refractivity contribution is 7.99. The number of thioether (sulfide) groups is 1. The monoisotopic (exact) mass is 389 g/mol. The van der Waals surface area contributed by atoms with Crippen LogP contribution < -0.4 is 10.5 Å². The van der Waals surface area contributed by atoms with Gasteiger partial charge in [0.1, 0.15) is 0 Å². The van der Waals surface area contributed by atoms with E-state index in [1.165, 1.54) is 18.2 Å². The van der Waals surface area contributed by atoms with Gasteiger partial charge in [-0.25, -0.2) is 18.5 Å². The van der Waals surface area contributed by atoms with Gasteiger partial charge in [0, 0.05) is 11.3 Å². The number of nitrogens with two attached hydrogens (primary N) is 1. The molecule has 0 unspecified atom stereocenters. The van der Waals surface area contributed by atoms with Crippen LogP contribution in [0.1, 0.15) is 0 Å². The van der Waals surface area contributed by atoms with Crippen molar-refractivity contribution in [3.05, 3.63) is 54.6 Å². The minimum Gasteiger partial charge on any atom is -0.325 e. The largest absolute Gasteiger partial charge is 0.325 e. The number of aromatic amines is 1. The Labute approximate surface area is 154 Å². The van der Waals surface area contributed by atoms with Crippen LogP contribution in [-0.4, -0.2) is 35.3 Å². The Morgan fingerprint density at radius 1 is 1.15 bits per heavy atom. The van der Waals surface area contributed by atoms with Gasteiger partial charge in [0.2, 0.25) is 21.1 Å². The van der Waals surface area contributed by atoms with E-state index in [1.54, 1.807) is 6.07 Å². The van der Waals surface area contributed by atoms with Crippen LogP contribution in [-0.2, 0) is 14.8 Å². The smallest absolute Gasteiger partial charge is 0.238 e. The summed E-state index contributed by atoms with van der Waals surface area (Å²) >= 11 is 1.16. The molecule has 1 amide bonds. The van der Waals surface area contributed by atoms with Crippen molar-refractivity contribution < 1.29 is 13.2 Å². The first kappa shape index (κ1) is 18.1. The van der Waals surface area contributed by atoms with Crippen molar-refractivity contribution in [3.8, 4) is 11.4 Å².